The highest BCUT2D eigenvalue weighted by Crippen LogP contribution is 2.30. The third kappa shape index (κ3) is 2.89. The number of thiazole rings is 1. The number of hydrogen-bond acceptors (Lipinski definition) is 4. The van der Waals surface area contributed by atoms with Crippen LogP contribution in [0.1, 0.15) is 16.6 Å². The summed E-state index contributed by atoms with van der Waals surface area (Å²) in [6.07, 6.45) is 0. The smallest absolute Gasteiger partial charge is 0.113 e. The fraction of sp³-hybridized carbons (Fsp3) is 0.357. The Morgan fingerprint density at radius 2 is 2.37 bits per heavy atom. The molecule has 2 heterocycles. The van der Waals surface area contributed by atoms with Crippen molar-refractivity contribution in [3.8, 4) is 11.3 Å². The highest BCUT2D eigenvalue weighted by molar-refractivity contribution is 9.10. The Balaban J connectivity index is 1.89. The van der Waals surface area contributed by atoms with Crippen LogP contribution < -0.4 is 5.32 Å². The van der Waals surface area contributed by atoms with Gasteiger partial charge in [-0.3, -0.25) is 0 Å². The number of halogens is 1. The average Bonchev–Trinajstić information content (AvgIpc) is 2.92. The number of nitrogens with zero attached hydrogens (tertiary/aromatic N) is 1. The molecule has 1 aliphatic rings. The second kappa shape index (κ2) is 5.71. The Hall–Kier alpha value is -0.750. The molecule has 5 heteroatoms. The number of rotatable bonds is 2. The van der Waals surface area contributed by atoms with E-state index in [0.717, 1.165) is 28.3 Å². The molecule has 0 saturated carbocycles. The number of aromatic nitrogens is 1. The van der Waals surface area contributed by atoms with Gasteiger partial charge in [0.1, 0.15) is 5.01 Å². The molecule has 1 aromatic heterocycles. The van der Waals surface area contributed by atoms with E-state index in [1.54, 1.807) is 11.3 Å². The Morgan fingerprint density at radius 1 is 1.47 bits per heavy atom. The van der Waals surface area contributed by atoms with Crippen molar-refractivity contribution >= 4 is 27.3 Å². The lowest BCUT2D eigenvalue weighted by atomic mass is 10.1. The molecule has 1 N–H and O–H groups in total. The van der Waals surface area contributed by atoms with Crippen molar-refractivity contribution in [2.24, 2.45) is 0 Å². The van der Waals surface area contributed by atoms with Crippen LogP contribution in [0.3, 0.4) is 0 Å². The minimum absolute atomic E-state index is 0.236. The lowest BCUT2D eigenvalue weighted by Gasteiger charge is -2.21. The van der Waals surface area contributed by atoms with E-state index in [4.69, 9.17) is 9.72 Å². The molecule has 3 nitrogen and oxygen atoms in total. The normalized spacial score (nSPS) is 19.6. The second-order valence-electron chi connectivity index (χ2n) is 4.61. The molecule has 100 valence electrons. The maximum absolute atomic E-state index is 5.49. The van der Waals surface area contributed by atoms with E-state index in [2.05, 4.69) is 51.7 Å². The van der Waals surface area contributed by atoms with Crippen molar-refractivity contribution in [1.29, 1.82) is 0 Å². The number of nitrogens with one attached hydrogen (secondary N) is 1. The number of hydrogen-bond donors (Lipinski definition) is 1. The highest BCUT2D eigenvalue weighted by Gasteiger charge is 2.19. The zero-order valence-corrected chi connectivity index (χ0v) is 13.1. The third-order valence-electron chi connectivity index (χ3n) is 3.22. The van der Waals surface area contributed by atoms with E-state index < -0.39 is 0 Å². The average molecular weight is 339 g/mol. The van der Waals surface area contributed by atoms with Gasteiger partial charge in [-0.15, -0.1) is 11.3 Å². The monoisotopic (exact) mass is 338 g/mol. The zero-order chi connectivity index (χ0) is 13.2. The van der Waals surface area contributed by atoms with E-state index in [-0.39, 0.29) is 6.04 Å². The Bertz CT molecular complexity index is 579. The zero-order valence-electron chi connectivity index (χ0n) is 10.6. The first-order valence-electron chi connectivity index (χ1n) is 6.27. The molecule has 0 radical (unpaired) electrons. The Labute approximate surface area is 125 Å². The standard InChI is InChI=1S/C14H15BrN2OS/c1-9-2-3-10(15)6-11(9)13-8-19-14(17-13)12-7-18-5-4-16-12/h2-3,6,8,12,16H,4-5,7H2,1H3. The van der Waals surface area contributed by atoms with Gasteiger partial charge in [-0.25, -0.2) is 4.98 Å². The first-order valence-corrected chi connectivity index (χ1v) is 7.94. The van der Waals surface area contributed by atoms with Crippen LogP contribution in [0.15, 0.2) is 28.1 Å². The van der Waals surface area contributed by atoms with Crippen molar-refractivity contribution in [2.75, 3.05) is 19.8 Å². The van der Waals surface area contributed by atoms with Gasteiger partial charge in [0, 0.05) is 22.0 Å². The molecule has 1 unspecified atom stereocenters. The Kier molecular flexibility index (Phi) is 3.98. The van der Waals surface area contributed by atoms with E-state index in [1.165, 1.54) is 11.1 Å². The number of morpholine rings is 1. The largest absolute Gasteiger partial charge is 0.378 e. The predicted octanol–water partition coefficient (Wildman–Crippen LogP) is 3.54. The minimum Gasteiger partial charge on any atom is -0.378 e. The topological polar surface area (TPSA) is 34.1 Å². The summed E-state index contributed by atoms with van der Waals surface area (Å²) in [7, 11) is 0. The quantitative estimate of drug-likeness (QED) is 0.909. The number of aryl methyl sites for hydroxylation is 1. The van der Waals surface area contributed by atoms with Gasteiger partial charge in [-0.2, -0.15) is 0 Å². The van der Waals surface area contributed by atoms with E-state index in [9.17, 15) is 0 Å². The van der Waals surface area contributed by atoms with Crippen LogP contribution in [-0.4, -0.2) is 24.7 Å². The molecule has 1 atom stereocenters. The van der Waals surface area contributed by atoms with Gasteiger partial charge in [-0.05, 0) is 24.6 Å². The molecule has 1 aliphatic heterocycles. The molecule has 0 amide bonds. The fourth-order valence-corrected chi connectivity index (χ4v) is 3.41. The second-order valence-corrected chi connectivity index (χ2v) is 6.42. The van der Waals surface area contributed by atoms with E-state index in [0.29, 0.717) is 6.61 Å². The van der Waals surface area contributed by atoms with Crippen molar-refractivity contribution in [3.63, 3.8) is 0 Å². The van der Waals surface area contributed by atoms with Crippen molar-refractivity contribution in [3.05, 3.63) is 38.6 Å². The SMILES string of the molecule is Cc1ccc(Br)cc1-c1csc(C2COCCN2)n1. The summed E-state index contributed by atoms with van der Waals surface area (Å²) in [5.74, 6) is 0. The van der Waals surface area contributed by atoms with Crippen LogP contribution in [0.2, 0.25) is 0 Å². The molecule has 0 spiro atoms. The summed E-state index contributed by atoms with van der Waals surface area (Å²) in [4.78, 5) is 4.76. The highest BCUT2D eigenvalue weighted by atomic mass is 79.9. The molecule has 19 heavy (non-hydrogen) atoms. The van der Waals surface area contributed by atoms with Crippen molar-refractivity contribution in [1.82, 2.24) is 10.3 Å². The van der Waals surface area contributed by atoms with E-state index >= 15 is 0 Å². The molecule has 0 bridgehead atoms. The maximum atomic E-state index is 5.49. The molecule has 0 aliphatic carbocycles. The van der Waals surface area contributed by atoms with Crippen LogP contribution >= 0.6 is 27.3 Å². The predicted molar refractivity (Wildman–Crippen MR) is 81.5 cm³/mol. The summed E-state index contributed by atoms with van der Waals surface area (Å²) in [6, 6.07) is 6.53. The molecule has 3 rings (SSSR count). The minimum atomic E-state index is 0.236. The molecular formula is C14H15BrN2OS. The van der Waals surface area contributed by atoms with Crippen molar-refractivity contribution < 1.29 is 4.74 Å². The summed E-state index contributed by atoms with van der Waals surface area (Å²) in [5, 5.41) is 6.67. The molecule has 1 aromatic carbocycles. The van der Waals surface area contributed by atoms with Gasteiger partial charge in [0.2, 0.25) is 0 Å². The summed E-state index contributed by atoms with van der Waals surface area (Å²) >= 11 is 5.22. The van der Waals surface area contributed by atoms with Gasteiger partial charge in [0.05, 0.1) is 24.9 Å². The van der Waals surface area contributed by atoms with Gasteiger partial charge in [0.15, 0.2) is 0 Å². The summed E-state index contributed by atoms with van der Waals surface area (Å²) in [6.45, 7) is 4.52. The van der Waals surface area contributed by atoms with Crippen LogP contribution in [0.5, 0.6) is 0 Å². The van der Waals surface area contributed by atoms with Crippen LogP contribution in [-0.2, 0) is 4.74 Å². The lowest BCUT2D eigenvalue weighted by Crippen LogP contribution is -2.34. The first-order chi connectivity index (χ1) is 9.24. The Morgan fingerprint density at radius 3 is 3.16 bits per heavy atom. The maximum Gasteiger partial charge on any atom is 0.113 e. The summed E-state index contributed by atoms with van der Waals surface area (Å²) in [5.41, 5.74) is 3.48. The van der Waals surface area contributed by atoms with E-state index in [1.807, 2.05) is 0 Å². The van der Waals surface area contributed by atoms with Gasteiger partial charge < -0.3 is 10.1 Å². The third-order valence-corrected chi connectivity index (χ3v) is 4.67. The molecule has 2 aromatic rings. The van der Waals surface area contributed by atoms with Crippen molar-refractivity contribution in [2.45, 2.75) is 13.0 Å². The lowest BCUT2D eigenvalue weighted by molar-refractivity contribution is 0.0768. The van der Waals surface area contributed by atoms with Gasteiger partial charge in [0.25, 0.3) is 0 Å². The molecular weight excluding hydrogens is 324 g/mol. The van der Waals surface area contributed by atoms with Crippen LogP contribution in [0, 0.1) is 6.92 Å². The van der Waals surface area contributed by atoms with Crippen LogP contribution in [0.4, 0.5) is 0 Å². The van der Waals surface area contributed by atoms with Gasteiger partial charge >= 0.3 is 0 Å². The molecule has 1 saturated heterocycles. The fourth-order valence-electron chi connectivity index (χ4n) is 2.17. The van der Waals surface area contributed by atoms with Gasteiger partial charge in [-0.1, -0.05) is 22.0 Å². The first kappa shape index (κ1) is 13.2. The number of benzene rings is 1. The number of ether oxygens (including phenoxy) is 1. The van der Waals surface area contributed by atoms with Crippen LogP contribution in [0.25, 0.3) is 11.3 Å². The summed E-state index contributed by atoms with van der Waals surface area (Å²) < 4.78 is 6.58. The molecule has 1 fully saturated rings.